The maximum atomic E-state index is 12.7. The van der Waals surface area contributed by atoms with Crippen LogP contribution in [-0.4, -0.2) is 28.0 Å². The molecule has 1 heterocycles. The normalized spacial score (nSPS) is 30.1. The Bertz CT molecular complexity index is 637. The molecule has 2 unspecified atom stereocenters. The summed E-state index contributed by atoms with van der Waals surface area (Å²) in [7, 11) is 0. The zero-order valence-electron chi connectivity index (χ0n) is 11.2. The second kappa shape index (κ2) is 5.24. The molecule has 1 aliphatic heterocycles. The highest BCUT2D eigenvalue weighted by Gasteiger charge is 2.79. The van der Waals surface area contributed by atoms with Gasteiger partial charge in [-0.05, 0) is 19.4 Å². The maximum Gasteiger partial charge on any atom is 0.331 e. The number of epoxide rings is 1. The van der Waals surface area contributed by atoms with Gasteiger partial charge in [0.05, 0.1) is 0 Å². The highest BCUT2D eigenvalue weighted by Crippen LogP contribution is 2.61. The third-order valence-electron chi connectivity index (χ3n) is 3.33. The van der Waals surface area contributed by atoms with Crippen molar-refractivity contribution in [1.29, 1.82) is 0 Å². The van der Waals surface area contributed by atoms with Crippen molar-refractivity contribution in [1.82, 2.24) is 0 Å². The number of rotatable bonds is 0. The topological polar surface area (TPSA) is 12.5 Å². The fourth-order valence-corrected chi connectivity index (χ4v) is 2.08. The summed E-state index contributed by atoms with van der Waals surface area (Å²) in [4.78, 5) is 0. The van der Waals surface area contributed by atoms with E-state index in [4.69, 9.17) is 0 Å². The Balaban J connectivity index is 0.000000161. The van der Waals surface area contributed by atoms with E-state index < -0.39 is 29.2 Å². The Morgan fingerprint density at radius 3 is 2.24 bits per heavy atom. The van der Waals surface area contributed by atoms with Gasteiger partial charge in [0.25, 0.3) is 0 Å². The molecule has 2 radical (unpaired) electrons. The van der Waals surface area contributed by atoms with Crippen LogP contribution in [0, 0.1) is 13.8 Å². The van der Waals surface area contributed by atoms with Gasteiger partial charge in [0.15, 0.2) is 27.9 Å². The summed E-state index contributed by atoms with van der Waals surface area (Å²) >= 11 is 2.72. The summed E-state index contributed by atoms with van der Waals surface area (Å²) in [6.45, 7) is 4.26. The van der Waals surface area contributed by atoms with E-state index in [0.29, 0.717) is 0 Å². The minimum atomic E-state index is -3.45. The average Bonchev–Trinajstić information content (AvgIpc) is 2.97. The monoisotopic (exact) mass is 316 g/mol. The van der Waals surface area contributed by atoms with Crippen LogP contribution < -0.4 is 4.43 Å². The molecule has 1 aliphatic carbocycles. The number of allylic oxidation sites excluding steroid dienone is 2. The Kier molecular flexibility index (Phi) is 4.04. The number of hydrogen-bond donors (Lipinski definition) is 0. The predicted molar refractivity (Wildman–Crippen MR) is 68.5 cm³/mol. The molecule has 0 spiro atoms. The molecule has 0 bridgehead atoms. The number of ether oxygens (including phenoxy) is 1. The molecule has 0 N–H and O–H groups in total. The molecule has 0 saturated carbocycles. The van der Waals surface area contributed by atoms with E-state index in [-0.39, 0.29) is 6.08 Å². The van der Waals surface area contributed by atoms with E-state index in [9.17, 15) is 22.0 Å². The first-order chi connectivity index (χ1) is 9.62. The minimum absolute atomic E-state index is 0.0780. The molecule has 0 amide bonds. The molecule has 3 rings (SSSR count). The third-order valence-corrected chi connectivity index (χ3v) is 3.96. The lowest BCUT2D eigenvalue weighted by molar-refractivity contribution is 0.143. The summed E-state index contributed by atoms with van der Waals surface area (Å²) in [6, 6.07) is 6.31. The van der Waals surface area contributed by atoms with Crippen LogP contribution in [0.4, 0.5) is 22.0 Å². The molecule has 110 valence electrons. The van der Waals surface area contributed by atoms with Gasteiger partial charge in [-0.25, -0.2) is 17.6 Å². The number of aryl methyl sites for hydroxylation is 1. The van der Waals surface area contributed by atoms with Crippen LogP contribution in [-0.2, 0) is 4.74 Å². The summed E-state index contributed by atoms with van der Waals surface area (Å²) in [5, 5.41) is 0. The van der Waals surface area contributed by atoms with Crippen molar-refractivity contribution in [3.63, 3.8) is 0 Å². The number of alkyl halides is 2. The highest BCUT2D eigenvalue weighted by molar-refractivity contribution is 6.33. The Morgan fingerprint density at radius 2 is 1.71 bits per heavy atom. The molecule has 21 heavy (non-hydrogen) atoms. The zero-order valence-corrected chi connectivity index (χ0v) is 12.3. The Hall–Kier alpha value is -1.16. The largest absolute Gasteiger partial charge is 0.331 e. The molecule has 7 heteroatoms. The van der Waals surface area contributed by atoms with E-state index in [1.165, 1.54) is 15.6 Å². The van der Waals surface area contributed by atoms with Crippen LogP contribution in [0.3, 0.4) is 0 Å². The minimum Gasteiger partial charge on any atom is -0.289 e. The highest BCUT2D eigenvalue weighted by atomic mass is 27.0. The maximum absolute atomic E-state index is 12.7. The van der Waals surface area contributed by atoms with Crippen molar-refractivity contribution in [2.75, 3.05) is 0 Å². The van der Waals surface area contributed by atoms with Crippen molar-refractivity contribution >= 4 is 20.7 Å². The second-order valence-electron chi connectivity index (χ2n) is 4.75. The van der Waals surface area contributed by atoms with Crippen molar-refractivity contribution in [2.24, 2.45) is 0 Å². The SMILES string of the molecule is Cc1ccc[c]([Al])c1C.FC1=CC2(F)OC2(F)C(F)=C1F. The molecule has 0 aromatic heterocycles. The number of hydrogen-bond acceptors (Lipinski definition) is 1. The molecular formula is C14H10AlF5O. The number of halogens is 5. The van der Waals surface area contributed by atoms with E-state index in [0.717, 1.165) is 0 Å². The van der Waals surface area contributed by atoms with Gasteiger partial charge in [-0.2, -0.15) is 4.39 Å². The molecule has 2 aliphatic rings. The standard InChI is InChI=1S/C8H9.C6HF5O.Al/c1-7-5-3-4-6-8(7)2;7-2-1-5(10)6(11,12-5)4(9)3(2)8;/h3-5H,1-2H3;1H;. The lowest BCUT2D eigenvalue weighted by atomic mass is 10.1. The molecular weight excluding hydrogens is 306 g/mol. The molecule has 1 nitrogen and oxygen atoms in total. The van der Waals surface area contributed by atoms with Crippen LogP contribution in [0.2, 0.25) is 0 Å². The van der Waals surface area contributed by atoms with Crippen molar-refractivity contribution < 1.29 is 26.7 Å². The predicted octanol–water partition coefficient (Wildman–Crippen LogP) is 3.46. The fraction of sp³-hybridized carbons (Fsp3) is 0.286. The Labute approximate surface area is 126 Å². The van der Waals surface area contributed by atoms with Crippen molar-refractivity contribution in [2.45, 2.75) is 25.6 Å². The number of benzene rings is 1. The van der Waals surface area contributed by atoms with Crippen LogP contribution >= 0.6 is 0 Å². The number of fused-ring (bicyclic) bond motifs is 1. The first-order valence-corrected chi connectivity index (χ1v) is 6.54. The average molecular weight is 316 g/mol. The summed E-state index contributed by atoms with van der Waals surface area (Å²) < 4.78 is 67.0. The lowest BCUT2D eigenvalue weighted by Crippen LogP contribution is -2.20. The van der Waals surface area contributed by atoms with E-state index in [1.54, 1.807) is 0 Å². The smallest absolute Gasteiger partial charge is 0.289 e. The van der Waals surface area contributed by atoms with Gasteiger partial charge in [-0.1, -0.05) is 23.8 Å². The second-order valence-corrected chi connectivity index (χ2v) is 5.37. The van der Waals surface area contributed by atoms with Crippen molar-refractivity contribution in [3.05, 3.63) is 52.9 Å². The quantitative estimate of drug-likeness (QED) is 0.406. The van der Waals surface area contributed by atoms with Crippen LogP contribution in [0.25, 0.3) is 0 Å². The summed E-state index contributed by atoms with van der Waals surface area (Å²) in [5.41, 5.74) is 2.74. The van der Waals surface area contributed by atoms with Gasteiger partial charge < -0.3 is 0 Å². The molecule has 1 aromatic carbocycles. The fourth-order valence-electron chi connectivity index (χ4n) is 1.74. The molecule has 1 fully saturated rings. The van der Waals surface area contributed by atoms with E-state index in [1.807, 2.05) is 0 Å². The third kappa shape index (κ3) is 2.66. The molecule has 1 saturated heterocycles. The summed E-state index contributed by atoms with van der Waals surface area (Å²) in [6.07, 6.45) is -0.0780. The first kappa shape index (κ1) is 16.2. The summed E-state index contributed by atoms with van der Waals surface area (Å²) in [5.74, 6) is -12.7. The van der Waals surface area contributed by atoms with E-state index >= 15 is 0 Å². The lowest BCUT2D eigenvalue weighted by Gasteiger charge is -2.06. The molecule has 1 aromatic rings. The van der Waals surface area contributed by atoms with Crippen LogP contribution in [0.15, 0.2) is 41.8 Å². The van der Waals surface area contributed by atoms with Gasteiger partial charge in [-0.15, -0.1) is 4.43 Å². The van der Waals surface area contributed by atoms with E-state index in [2.05, 4.69) is 53.1 Å². The molecule has 2 atom stereocenters. The van der Waals surface area contributed by atoms with Crippen LogP contribution in [0.1, 0.15) is 11.1 Å². The zero-order chi connectivity index (χ0) is 16.0. The van der Waals surface area contributed by atoms with Gasteiger partial charge in [0.1, 0.15) is 0 Å². The first-order valence-electron chi connectivity index (χ1n) is 5.96. The Morgan fingerprint density at radius 1 is 1.10 bits per heavy atom. The van der Waals surface area contributed by atoms with Crippen LogP contribution in [0.5, 0.6) is 0 Å². The van der Waals surface area contributed by atoms with Gasteiger partial charge in [-0.3, -0.25) is 4.74 Å². The van der Waals surface area contributed by atoms with Gasteiger partial charge in [0, 0.05) is 6.08 Å². The van der Waals surface area contributed by atoms with Gasteiger partial charge in [0.2, 0.25) is 5.83 Å². The van der Waals surface area contributed by atoms with Gasteiger partial charge >= 0.3 is 11.7 Å². The van der Waals surface area contributed by atoms with Crippen molar-refractivity contribution in [3.8, 4) is 0 Å².